The Morgan fingerprint density at radius 1 is 1.00 bits per heavy atom. The van der Waals surface area contributed by atoms with Crippen molar-refractivity contribution in [3.05, 3.63) is 71.3 Å². The normalized spacial score (nSPS) is 16.3. The smallest absolute Gasteiger partial charge is 0.255 e. The van der Waals surface area contributed by atoms with Gasteiger partial charge in [0.1, 0.15) is 5.82 Å². The minimum absolute atomic E-state index is 0.104. The molecule has 7 heteroatoms. The Labute approximate surface area is 185 Å². The van der Waals surface area contributed by atoms with Gasteiger partial charge in [-0.05, 0) is 41.6 Å². The molecular formula is C25H25F2N3O2. The lowest BCUT2D eigenvalue weighted by atomic mass is 10.1. The second kappa shape index (κ2) is 8.74. The largest absolute Gasteiger partial charge is 0.490 e. The number of rotatable bonds is 6. The van der Waals surface area contributed by atoms with Gasteiger partial charge in [0.2, 0.25) is 0 Å². The van der Waals surface area contributed by atoms with E-state index in [1.54, 1.807) is 18.2 Å². The highest BCUT2D eigenvalue weighted by molar-refractivity contribution is 5.99. The lowest BCUT2D eigenvalue weighted by Gasteiger charge is -2.36. The molecule has 3 aromatic rings. The first-order valence-corrected chi connectivity index (χ1v) is 11.0. The predicted octanol–water partition coefficient (Wildman–Crippen LogP) is 3.95. The Morgan fingerprint density at radius 2 is 1.84 bits per heavy atom. The summed E-state index contributed by atoms with van der Waals surface area (Å²) in [5.41, 5.74) is 1.85. The summed E-state index contributed by atoms with van der Waals surface area (Å²) in [6.07, 6.45) is 0.766. The third kappa shape index (κ3) is 4.00. The number of carbonyl (C=O) groups excluding carboxylic acids is 1. The number of fused-ring (bicyclic) bond motifs is 2. The molecule has 0 aromatic heterocycles. The fraction of sp³-hybridized carbons (Fsp3) is 0.320. The Hall–Kier alpha value is -3.19. The molecule has 5 nitrogen and oxygen atoms in total. The Kier molecular flexibility index (Phi) is 5.66. The van der Waals surface area contributed by atoms with E-state index in [-0.39, 0.29) is 23.0 Å². The fourth-order valence-electron chi connectivity index (χ4n) is 4.55. The molecule has 1 amide bonds. The van der Waals surface area contributed by atoms with Crippen molar-refractivity contribution in [2.75, 3.05) is 44.2 Å². The maximum atomic E-state index is 14.5. The van der Waals surface area contributed by atoms with Crippen LogP contribution >= 0.6 is 0 Å². The highest BCUT2D eigenvalue weighted by Gasteiger charge is 2.25. The number of anilines is 1. The second-order valence-corrected chi connectivity index (χ2v) is 8.27. The topological polar surface area (TPSA) is 44.8 Å². The van der Waals surface area contributed by atoms with Crippen LogP contribution in [0.4, 0.5) is 14.5 Å². The molecule has 1 N–H and O–H groups in total. The van der Waals surface area contributed by atoms with Crippen LogP contribution in [0, 0.1) is 11.6 Å². The number of hydrogen-bond acceptors (Lipinski definition) is 4. The Bertz CT molecular complexity index is 1160. The van der Waals surface area contributed by atoms with E-state index in [0.29, 0.717) is 18.7 Å². The van der Waals surface area contributed by atoms with E-state index in [4.69, 9.17) is 4.74 Å². The van der Waals surface area contributed by atoms with Crippen LogP contribution in [0.3, 0.4) is 0 Å². The number of piperazine rings is 1. The summed E-state index contributed by atoms with van der Waals surface area (Å²) in [7, 11) is 0. The number of ether oxygens (including phenoxy) is 1. The zero-order valence-electron chi connectivity index (χ0n) is 17.7. The van der Waals surface area contributed by atoms with Gasteiger partial charge in [0.25, 0.3) is 5.91 Å². The van der Waals surface area contributed by atoms with E-state index in [2.05, 4.69) is 21.2 Å². The molecule has 5 rings (SSSR count). The van der Waals surface area contributed by atoms with Crippen molar-refractivity contribution in [3.8, 4) is 5.75 Å². The van der Waals surface area contributed by atoms with Crippen molar-refractivity contribution < 1.29 is 18.3 Å². The van der Waals surface area contributed by atoms with E-state index < -0.39 is 5.82 Å². The van der Waals surface area contributed by atoms with Gasteiger partial charge in [-0.1, -0.05) is 24.3 Å². The molecule has 2 aliphatic heterocycles. The van der Waals surface area contributed by atoms with Crippen molar-refractivity contribution >= 4 is 22.4 Å². The maximum Gasteiger partial charge on any atom is 0.255 e. The summed E-state index contributed by atoms with van der Waals surface area (Å²) in [4.78, 5) is 16.4. The van der Waals surface area contributed by atoms with Gasteiger partial charge in [-0.15, -0.1) is 0 Å². The van der Waals surface area contributed by atoms with E-state index in [9.17, 15) is 13.6 Å². The predicted molar refractivity (Wildman–Crippen MR) is 120 cm³/mol. The SMILES string of the molecule is O=C1NCc2ccc(OCCCN3CCN(c4cccc5ccc(F)cc45)CC3)c(F)c21. The van der Waals surface area contributed by atoms with Crippen LogP contribution in [0.1, 0.15) is 22.3 Å². The number of nitrogens with zero attached hydrogens (tertiary/aromatic N) is 2. The molecule has 0 unspecified atom stereocenters. The van der Waals surface area contributed by atoms with Crippen LogP contribution < -0.4 is 15.0 Å². The van der Waals surface area contributed by atoms with Gasteiger partial charge in [-0.25, -0.2) is 8.78 Å². The standard InChI is InChI=1S/C25H25F2N3O2/c26-19-7-5-17-3-1-4-21(20(17)15-19)30-12-10-29(11-13-30)9-2-14-32-22-8-6-18-16-28-25(31)23(18)24(22)27/h1,3-8,15H,2,9-14,16H2,(H,28,31). The first-order chi connectivity index (χ1) is 15.6. The molecule has 32 heavy (non-hydrogen) atoms. The molecule has 0 aliphatic carbocycles. The van der Waals surface area contributed by atoms with Gasteiger partial charge in [0, 0.05) is 50.3 Å². The van der Waals surface area contributed by atoms with Crippen molar-refractivity contribution in [2.24, 2.45) is 0 Å². The monoisotopic (exact) mass is 437 g/mol. The number of benzene rings is 3. The summed E-state index contributed by atoms with van der Waals surface area (Å²) in [6, 6.07) is 14.3. The molecule has 1 fully saturated rings. The highest BCUT2D eigenvalue weighted by Crippen LogP contribution is 2.29. The van der Waals surface area contributed by atoms with Crippen LogP contribution in [0.25, 0.3) is 10.8 Å². The Balaban J connectivity index is 1.12. The van der Waals surface area contributed by atoms with E-state index in [1.165, 1.54) is 6.07 Å². The lowest BCUT2D eigenvalue weighted by molar-refractivity contribution is 0.0961. The van der Waals surface area contributed by atoms with Gasteiger partial charge >= 0.3 is 0 Å². The number of hydrogen-bond donors (Lipinski definition) is 1. The van der Waals surface area contributed by atoms with E-state index in [1.807, 2.05) is 18.2 Å². The molecular weight excluding hydrogens is 412 g/mol. The summed E-state index contributed by atoms with van der Waals surface area (Å²) in [5, 5.41) is 4.61. The third-order valence-electron chi connectivity index (χ3n) is 6.27. The Morgan fingerprint density at radius 3 is 2.69 bits per heavy atom. The van der Waals surface area contributed by atoms with Gasteiger partial charge in [0.05, 0.1) is 12.2 Å². The summed E-state index contributed by atoms with van der Waals surface area (Å²) < 4.78 is 33.9. The van der Waals surface area contributed by atoms with Crippen LogP contribution in [-0.4, -0.2) is 50.1 Å². The zero-order valence-corrected chi connectivity index (χ0v) is 17.7. The van der Waals surface area contributed by atoms with Crippen LogP contribution in [-0.2, 0) is 6.54 Å². The third-order valence-corrected chi connectivity index (χ3v) is 6.27. The van der Waals surface area contributed by atoms with Gasteiger partial charge in [-0.2, -0.15) is 0 Å². The van der Waals surface area contributed by atoms with Crippen molar-refractivity contribution in [3.63, 3.8) is 0 Å². The molecule has 2 aliphatic rings. The molecule has 3 aromatic carbocycles. The molecule has 0 bridgehead atoms. The van der Waals surface area contributed by atoms with Crippen LogP contribution in [0.5, 0.6) is 5.75 Å². The number of carbonyl (C=O) groups is 1. The molecule has 0 radical (unpaired) electrons. The first kappa shape index (κ1) is 20.7. The van der Waals surface area contributed by atoms with Crippen molar-refractivity contribution in [1.29, 1.82) is 0 Å². The molecule has 2 heterocycles. The molecule has 166 valence electrons. The second-order valence-electron chi connectivity index (χ2n) is 8.27. The molecule has 0 atom stereocenters. The van der Waals surface area contributed by atoms with Crippen molar-refractivity contribution in [2.45, 2.75) is 13.0 Å². The number of halogens is 2. The lowest BCUT2D eigenvalue weighted by Crippen LogP contribution is -2.46. The highest BCUT2D eigenvalue weighted by atomic mass is 19.1. The average Bonchev–Trinajstić information content (AvgIpc) is 3.19. The quantitative estimate of drug-likeness (QED) is 0.593. The molecule has 0 spiro atoms. The van der Waals surface area contributed by atoms with Crippen LogP contribution in [0.2, 0.25) is 0 Å². The minimum Gasteiger partial charge on any atom is -0.490 e. The van der Waals surface area contributed by atoms with Gasteiger partial charge in [-0.3, -0.25) is 9.69 Å². The van der Waals surface area contributed by atoms with Gasteiger partial charge in [0.15, 0.2) is 11.6 Å². The van der Waals surface area contributed by atoms with Crippen molar-refractivity contribution in [1.82, 2.24) is 10.2 Å². The summed E-state index contributed by atoms with van der Waals surface area (Å²) in [5.74, 6) is -1.04. The van der Waals surface area contributed by atoms with Gasteiger partial charge < -0.3 is 15.0 Å². The van der Waals surface area contributed by atoms with E-state index in [0.717, 1.165) is 55.6 Å². The maximum absolute atomic E-state index is 14.5. The number of amides is 1. The fourth-order valence-corrected chi connectivity index (χ4v) is 4.55. The van der Waals surface area contributed by atoms with Crippen LogP contribution in [0.15, 0.2) is 48.5 Å². The summed E-state index contributed by atoms with van der Waals surface area (Å²) >= 11 is 0. The number of nitrogens with one attached hydrogen (secondary N) is 1. The minimum atomic E-state index is -0.572. The molecule has 1 saturated heterocycles. The average molecular weight is 437 g/mol. The van der Waals surface area contributed by atoms with E-state index >= 15 is 0 Å². The zero-order chi connectivity index (χ0) is 22.1. The first-order valence-electron chi connectivity index (χ1n) is 11.0. The summed E-state index contributed by atoms with van der Waals surface area (Å²) in [6.45, 7) is 5.14. The molecule has 0 saturated carbocycles.